The number of carbonyl (C=O) groups excluding carboxylic acids is 1. The van der Waals surface area contributed by atoms with Crippen LogP contribution < -0.4 is 14.8 Å². The lowest BCUT2D eigenvalue weighted by Crippen LogP contribution is -2.41. The minimum Gasteiger partial charge on any atom is -0.470 e. The van der Waals surface area contributed by atoms with Crippen molar-refractivity contribution in [3.63, 3.8) is 0 Å². The summed E-state index contributed by atoms with van der Waals surface area (Å²) >= 11 is 0. The summed E-state index contributed by atoms with van der Waals surface area (Å²) in [6.07, 6.45) is 4.35. The number of nitrogens with one attached hydrogen (secondary N) is 2. The summed E-state index contributed by atoms with van der Waals surface area (Å²) in [4.78, 5) is 25.0. The summed E-state index contributed by atoms with van der Waals surface area (Å²) < 4.78 is 33.8. The van der Waals surface area contributed by atoms with Crippen molar-refractivity contribution >= 4 is 21.7 Å². The average molecular weight is 486 g/mol. The molecule has 0 spiro atoms. The van der Waals surface area contributed by atoms with E-state index in [1.54, 1.807) is 36.7 Å². The van der Waals surface area contributed by atoms with Gasteiger partial charge in [-0.15, -0.1) is 0 Å². The molecule has 2 aromatic heterocycles. The number of pyridine rings is 1. The number of hydrogen-bond acceptors (Lipinski definition) is 8. The summed E-state index contributed by atoms with van der Waals surface area (Å²) in [7, 11) is -3.98. The van der Waals surface area contributed by atoms with E-state index in [1.807, 2.05) is 20.8 Å². The number of aliphatic hydroxyl groups excluding tert-OH is 1. The SMILES string of the molecule is Cc1ccc(S(=O)(=O)Nc2ncc(C(=O)N[C@@H](CO)C(C)C)nc2OCc2cccnc2)cc1. The highest BCUT2D eigenvalue weighted by atomic mass is 32.2. The van der Waals surface area contributed by atoms with Crippen LogP contribution in [0.1, 0.15) is 35.5 Å². The third kappa shape index (κ3) is 6.49. The molecule has 1 atom stereocenters. The zero-order valence-electron chi connectivity index (χ0n) is 19.1. The highest BCUT2D eigenvalue weighted by Crippen LogP contribution is 2.24. The summed E-state index contributed by atoms with van der Waals surface area (Å²) in [6.45, 7) is 5.36. The van der Waals surface area contributed by atoms with Crippen LogP contribution in [0.4, 0.5) is 5.82 Å². The molecule has 11 heteroatoms. The van der Waals surface area contributed by atoms with Gasteiger partial charge in [0.15, 0.2) is 5.69 Å². The molecule has 0 radical (unpaired) electrons. The molecule has 0 fully saturated rings. The van der Waals surface area contributed by atoms with Crippen LogP contribution >= 0.6 is 0 Å². The van der Waals surface area contributed by atoms with E-state index in [0.29, 0.717) is 5.56 Å². The van der Waals surface area contributed by atoms with E-state index in [-0.39, 0.29) is 41.4 Å². The van der Waals surface area contributed by atoms with Gasteiger partial charge in [0.2, 0.25) is 5.82 Å². The van der Waals surface area contributed by atoms with Crippen LogP contribution in [0.2, 0.25) is 0 Å². The van der Waals surface area contributed by atoms with E-state index in [0.717, 1.165) is 11.8 Å². The van der Waals surface area contributed by atoms with Crippen molar-refractivity contribution in [2.75, 3.05) is 11.3 Å². The number of aliphatic hydroxyl groups is 1. The maximum Gasteiger partial charge on any atom is 0.271 e. The molecule has 0 aliphatic rings. The normalized spacial score (nSPS) is 12.3. The average Bonchev–Trinajstić information content (AvgIpc) is 2.82. The molecule has 1 amide bonds. The number of hydrogen-bond donors (Lipinski definition) is 3. The van der Waals surface area contributed by atoms with E-state index >= 15 is 0 Å². The number of anilines is 1. The molecule has 34 heavy (non-hydrogen) atoms. The van der Waals surface area contributed by atoms with Crippen LogP contribution in [0, 0.1) is 12.8 Å². The number of ether oxygens (including phenoxy) is 1. The summed E-state index contributed by atoms with van der Waals surface area (Å²) in [6, 6.07) is 9.35. The highest BCUT2D eigenvalue weighted by Gasteiger charge is 2.22. The lowest BCUT2D eigenvalue weighted by molar-refractivity contribution is 0.0890. The molecule has 3 N–H and O–H groups in total. The van der Waals surface area contributed by atoms with Crippen molar-refractivity contribution in [3.05, 3.63) is 71.8 Å². The summed E-state index contributed by atoms with van der Waals surface area (Å²) in [5.74, 6) is -0.913. The van der Waals surface area contributed by atoms with Gasteiger partial charge in [0.25, 0.3) is 21.8 Å². The third-order valence-corrected chi connectivity index (χ3v) is 6.31. The Kier molecular flexibility index (Phi) is 8.13. The Labute approximate surface area is 198 Å². The first kappa shape index (κ1) is 25.1. The Morgan fingerprint density at radius 3 is 2.50 bits per heavy atom. The van der Waals surface area contributed by atoms with Crippen LogP contribution in [-0.2, 0) is 16.6 Å². The van der Waals surface area contributed by atoms with Gasteiger partial charge in [-0.1, -0.05) is 37.6 Å². The molecule has 2 heterocycles. The largest absolute Gasteiger partial charge is 0.470 e. The van der Waals surface area contributed by atoms with Gasteiger partial charge in [0.1, 0.15) is 6.61 Å². The van der Waals surface area contributed by atoms with Crippen molar-refractivity contribution in [2.24, 2.45) is 5.92 Å². The second-order valence-corrected chi connectivity index (χ2v) is 9.67. The molecule has 1 aromatic carbocycles. The molecule has 0 aliphatic carbocycles. The third-order valence-electron chi connectivity index (χ3n) is 4.95. The van der Waals surface area contributed by atoms with Gasteiger partial charge in [0, 0.05) is 18.0 Å². The van der Waals surface area contributed by atoms with Gasteiger partial charge < -0.3 is 15.2 Å². The van der Waals surface area contributed by atoms with Crippen molar-refractivity contribution in [2.45, 2.75) is 38.3 Å². The number of sulfonamides is 1. The van der Waals surface area contributed by atoms with E-state index in [1.165, 1.54) is 12.1 Å². The number of nitrogens with zero attached hydrogens (tertiary/aromatic N) is 3. The fourth-order valence-electron chi connectivity index (χ4n) is 2.86. The van der Waals surface area contributed by atoms with Gasteiger partial charge in [-0.25, -0.2) is 18.4 Å². The number of aromatic nitrogens is 3. The second-order valence-electron chi connectivity index (χ2n) is 7.98. The van der Waals surface area contributed by atoms with Crippen molar-refractivity contribution in [1.29, 1.82) is 0 Å². The smallest absolute Gasteiger partial charge is 0.271 e. The molecule has 10 nitrogen and oxygen atoms in total. The van der Waals surface area contributed by atoms with E-state index in [9.17, 15) is 18.3 Å². The predicted octanol–water partition coefficient (Wildman–Crippen LogP) is 2.31. The van der Waals surface area contributed by atoms with Gasteiger partial charge in [-0.2, -0.15) is 0 Å². The minimum absolute atomic E-state index is 0.0104. The first-order valence-electron chi connectivity index (χ1n) is 10.6. The van der Waals surface area contributed by atoms with Gasteiger partial charge in [-0.3, -0.25) is 14.5 Å². The summed E-state index contributed by atoms with van der Waals surface area (Å²) in [5.41, 5.74) is 1.54. The fourth-order valence-corrected chi connectivity index (χ4v) is 3.86. The molecule has 3 aromatic rings. The van der Waals surface area contributed by atoms with Crippen molar-refractivity contribution < 1.29 is 23.1 Å². The van der Waals surface area contributed by atoms with Crippen LogP contribution in [0.25, 0.3) is 0 Å². The Balaban J connectivity index is 1.90. The van der Waals surface area contributed by atoms with Crippen LogP contribution in [0.3, 0.4) is 0 Å². The topological polar surface area (TPSA) is 143 Å². The molecule has 0 unspecified atom stereocenters. The zero-order valence-corrected chi connectivity index (χ0v) is 19.9. The van der Waals surface area contributed by atoms with E-state index in [2.05, 4.69) is 25.0 Å². The first-order chi connectivity index (χ1) is 16.2. The number of amides is 1. The minimum atomic E-state index is -3.98. The quantitative estimate of drug-likeness (QED) is 0.397. The fraction of sp³-hybridized carbons (Fsp3) is 0.304. The maximum absolute atomic E-state index is 12.9. The van der Waals surface area contributed by atoms with Crippen LogP contribution in [0.5, 0.6) is 5.88 Å². The molecule has 0 bridgehead atoms. The Hall–Kier alpha value is -3.57. The Morgan fingerprint density at radius 1 is 1.15 bits per heavy atom. The van der Waals surface area contributed by atoms with Gasteiger partial charge >= 0.3 is 0 Å². The van der Waals surface area contributed by atoms with E-state index < -0.39 is 22.0 Å². The maximum atomic E-state index is 12.9. The first-order valence-corrected chi connectivity index (χ1v) is 12.1. The number of carbonyl (C=O) groups is 1. The molecule has 180 valence electrons. The highest BCUT2D eigenvalue weighted by molar-refractivity contribution is 7.92. The van der Waals surface area contributed by atoms with Crippen LogP contribution in [0.15, 0.2) is 59.9 Å². The van der Waals surface area contributed by atoms with Gasteiger partial charge in [0.05, 0.1) is 23.7 Å². The number of benzene rings is 1. The van der Waals surface area contributed by atoms with Gasteiger partial charge in [-0.05, 0) is 31.0 Å². The van der Waals surface area contributed by atoms with Crippen molar-refractivity contribution in [1.82, 2.24) is 20.3 Å². The Morgan fingerprint density at radius 2 is 1.88 bits per heavy atom. The lowest BCUT2D eigenvalue weighted by Gasteiger charge is -2.20. The molecular formula is C23H27N5O5S. The summed E-state index contributed by atoms with van der Waals surface area (Å²) in [5, 5.41) is 12.2. The molecule has 3 rings (SSSR count). The standard InChI is InChI=1S/C23H27N5O5S/c1-15(2)20(13-29)26-22(30)19-12-25-21(23(27-19)33-14-17-5-4-10-24-11-17)28-34(31,32)18-8-6-16(3)7-9-18/h4-12,15,20,29H,13-14H2,1-3H3,(H,25,28)(H,26,30)/t20-/m0/s1. The number of rotatable bonds is 10. The lowest BCUT2D eigenvalue weighted by atomic mass is 10.1. The van der Waals surface area contributed by atoms with Crippen molar-refractivity contribution in [3.8, 4) is 5.88 Å². The Bertz CT molecular complexity index is 1220. The monoisotopic (exact) mass is 485 g/mol. The predicted molar refractivity (Wildman–Crippen MR) is 126 cm³/mol. The molecule has 0 saturated heterocycles. The second kappa shape index (κ2) is 11.0. The van der Waals surface area contributed by atoms with E-state index in [4.69, 9.17) is 4.74 Å². The zero-order chi connectivity index (χ0) is 24.7. The molecule has 0 aliphatic heterocycles. The van der Waals surface area contributed by atoms with Crippen LogP contribution in [-0.4, -0.2) is 47.0 Å². The molecular weight excluding hydrogens is 458 g/mol. The number of aryl methyl sites for hydroxylation is 1. The molecule has 0 saturated carbocycles.